The molecule has 0 bridgehead atoms. The van der Waals surface area contributed by atoms with E-state index in [-0.39, 0.29) is 18.3 Å². The Balaban J connectivity index is 0.00000208. The number of nitrogens with one attached hydrogen (secondary N) is 1. The highest BCUT2D eigenvalue weighted by atomic mass is 35.5. The first-order chi connectivity index (χ1) is 11.1. The van der Waals surface area contributed by atoms with E-state index in [0.29, 0.717) is 6.04 Å². The number of halogens is 1. The zero-order chi connectivity index (χ0) is 16.4. The molecule has 1 fully saturated rings. The maximum absolute atomic E-state index is 13.0. The van der Waals surface area contributed by atoms with Gasteiger partial charge >= 0.3 is 0 Å². The number of para-hydroxylation sites is 1. The van der Waals surface area contributed by atoms with E-state index in [1.807, 2.05) is 43.1 Å². The van der Waals surface area contributed by atoms with Crippen LogP contribution in [0.25, 0.3) is 5.69 Å². The van der Waals surface area contributed by atoms with Crippen LogP contribution in [0.15, 0.2) is 36.4 Å². The van der Waals surface area contributed by atoms with E-state index < -0.39 is 0 Å². The molecule has 130 valence electrons. The number of likely N-dealkylation sites (N-methyl/N-ethyl adjacent to an activating group) is 1. The third-order valence-corrected chi connectivity index (χ3v) is 4.75. The molecule has 0 spiro atoms. The van der Waals surface area contributed by atoms with Crippen LogP contribution in [-0.2, 0) is 0 Å². The Bertz CT molecular complexity index is 696. The number of benzene rings is 1. The number of hydrogen-bond donors (Lipinski definition) is 1. The number of carbonyl (C=O) groups excluding carboxylic acids is 1. The lowest BCUT2D eigenvalue weighted by atomic mass is 10.1. The molecule has 0 saturated carbocycles. The Morgan fingerprint density at radius 1 is 1.25 bits per heavy atom. The Labute approximate surface area is 150 Å². The minimum atomic E-state index is 0. The second-order valence-corrected chi connectivity index (χ2v) is 6.31. The molecule has 0 aliphatic carbocycles. The van der Waals surface area contributed by atoms with Gasteiger partial charge in [-0.2, -0.15) is 0 Å². The number of likely N-dealkylation sites (tertiary alicyclic amines) is 1. The first-order valence-electron chi connectivity index (χ1n) is 8.33. The van der Waals surface area contributed by atoms with Crippen molar-refractivity contribution < 1.29 is 4.79 Å². The maximum atomic E-state index is 13.0. The zero-order valence-electron chi connectivity index (χ0n) is 14.6. The summed E-state index contributed by atoms with van der Waals surface area (Å²) in [7, 11) is 1.95. The van der Waals surface area contributed by atoms with Crippen molar-refractivity contribution in [3.05, 3.63) is 53.3 Å². The number of rotatable bonds is 4. The topological polar surface area (TPSA) is 37.3 Å². The van der Waals surface area contributed by atoms with Gasteiger partial charge in [0.05, 0.1) is 5.56 Å². The van der Waals surface area contributed by atoms with Crippen molar-refractivity contribution in [1.82, 2.24) is 14.8 Å². The molecule has 1 aromatic carbocycles. The van der Waals surface area contributed by atoms with Gasteiger partial charge in [-0.15, -0.1) is 12.4 Å². The molecule has 1 aliphatic rings. The average Bonchev–Trinajstić information content (AvgIpc) is 3.12. The molecule has 3 rings (SSSR count). The van der Waals surface area contributed by atoms with E-state index in [0.717, 1.165) is 48.6 Å². The Hall–Kier alpha value is -1.78. The molecule has 1 aliphatic heterocycles. The van der Waals surface area contributed by atoms with Crippen LogP contribution in [0.3, 0.4) is 0 Å². The van der Waals surface area contributed by atoms with Crippen LogP contribution in [0.4, 0.5) is 0 Å². The molecule has 1 atom stereocenters. The predicted octanol–water partition coefficient (Wildman–Crippen LogP) is 3.34. The molecule has 1 unspecified atom stereocenters. The third kappa shape index (κ3) is 3.35. The molecule has 0 radical (unpaired) electrons. The standard InChI is InChI=1S/C19H25N3O.ClH/c1-14-12-18(15(2)22(14)16-8-5-4-6-9-16)19(23)21-11-7-10-17(21)13-20-3;/h4-6,8-9,12,17,20H,7,10-11,13H2,1-3H3;1H. The molecule has 1 saturated heterocycles. The van der Waals surface area contributed by atoms with Crippen molar-refractivity contribution in [2.45, 2.75) is 32.7 Å². The maximum Gasteiger partial charge on any atom is 0.255 e. The zero-order valence-corrected chi connectivity index (χ0v) is 15.4. The van der Waals surface area contributed by atoms with Crippen molar-refractivity contribution >= 4 is 18.3 Å². The molecule has 1 N–H and O–H groups in total. The largest absolute Gasteiger partial charge is 0.334 e. The lowest BCUT2D eigenvalue weighted by Crippen LogP contribution is -2.41. The van der Waals surface area contributed by atoms with Crippen molar-refractivity contribution in [2.75, 3.05) is 20.1 Å². The van der Waals surface area contributed by atoms with Crippen molar-refractivity contribution in [1.29, 1.82) is 0 Å². The smallest absolute Gasteiger partial charge is 0.255 e. The molecule has 2 heterocycles. The van der Waals surface area contributed by atoms with Gasteiger partial charge in [-0.1, -0.05) is 18.2 Å². The minimum Gasteiger partial charge on any atom is -0.334 e. The van der Waals surface area contributed by atoms with E-state index in [1.54, 1.807) is 0 Å². The van der Waals surface area contributed by atoms with E-state index in [9.17, 15) is 4.79 Å². The fourth-order valence-electron chi connectivity index (χ4n) is 3.66. The van der Waals surface area contributed by atoms with Crippen LogP contribution < -0.4 is 5.32 Å². The van der Waals surface area contributed by atoms with Crippen molar-refractivity contribution in [2.24, 2.45) is 0 Å². The summed E-state index contributed by atoms with van der Waals surface area (Å²) in [4.78, 5) is 15.1. The Morgan fingerprint density at radius 2 is 1.96 bits per heavy atom. The number of carbonyl (C=O) groups is 1. The molecular weight excluding hydrogens is 322 g/mol. The lowest BCUT2D eigenvalue weighted by molar-refractivity contribution is 0.0736. The first kappa shape index (κ1) is 18.6. The number of aromatic nitrogens is 1. The fourth-order valence-corrected chi connectivity index (χ4v) is 3.66. The molecule has 2 aromatic rings. The van der Waals surface area contributed by atoms with E-state index in [1.165, 1.54) is 0 Å². The summed E-state index contributed by atoms with van der Waals surface area (Å²) in [6.45, 7) is 5.82. The van der Waals surface area contributed by atoms with Crippen LogP contribution in [0, 0.1) is 13.8 Å². The first-order valence-corrected chi connectivity index (χ1v) is 8.33. The highest BCUT2D eigenvalue weighted by Crippen LogP contribution is 2.25. The van der Waals surface area contributed by atoms with Crippen LogP contribution >= 0.6 is 12.4 Å². The Kier molecular flexibility index (Phi) is 6.08. The summed E-state index contributed by atoms with van der Waals surface area (Å²) < 4.78 is 2.16. The monoisotopic (exact) mass is 347 g/mol. The van der Waals surface area contributed by atoms with Gasteiger partial charge in [-0.3, -0.25) is 4.79 Å². The van der Waals surface area contributed by atoms with Gasteiger partial charge in [0.15, 0.2) is 0 Å². The fraction of sp³-hybridized carbons (Fsp3) is 0.421. The van der Waals surface area contributed by atoms with Crippen LogP contribution in [0.2, 0.25) is 0 Å². The van der Waals surface area contributed by atoms with Crippen molar-refractivity contribution in [3.8, 4) is 5.69 Å². The quantitative estimate of drug-likeness (QED) is 0.921. The normalized spacial score (nSPS) is 17.0. The number of amides is 1. The number of aryl methyl sites for hydroxylation is 1. The van der Waals surface area contributed by atoms with Gasteiger partial charge in [-0.25, -0.2) is 0 Å². The third-order valence-electron chi connectivity index (χ3n) is 4.75. The number of hydrogen-bond acceptors (Lipinski definition) is 2. The highest BCUT2D eigenvalue weighted by Gasteiger charge is 2.30. The van der Waals surface area contributed by atoms with E-state index in [4.69, 9.17) is 0 Å². The molecule has 4 nitrogen and oxygen atoms in total. The van der Waals surface area contributed by atoms with Gasteiger partial charge in [0, 0.05) is 36.2 Å². The van der Waals surface area contributed by atoms with E-state index in [2.05, 4.69) is 28.9 Å². The highest BCUT2D eigenvalue weighted by molar-refractivity contribution is 5.96. The minimum absolute atomic E-state index is 0. The summed E-state index contributed by atoms with van der Waals surface area (Å²) >= 11 is 0. The molecule has 1 amide bonds. The SMILES string of the molecule is CNCC1CCCN1C(=O)c1cc(C)n(-c2ccccc2)c1C.Cl. The summed E-state index contributed by atoms with van der Waals surface area (Å²) in [6.07, 6.45) is 2.18. The summed E-state index contributed by atoms with van der Waals surface area (Å²) in [6, 6.07) is 12.6. The molecular formula is C19H26ClN3O. The predicted molar refractivity (Wildman–Crippen MR) is 100 cm³/mol. The van der Waals surface area contributed by atoms with Crippen LogP contribution in [0.5, 0.6) is 0 Å². The van der Waals surface area contributed by atoms with Crippen LogP contribution in [-0.4, -0.2) is 41.6 Å². The second-order valence-electron chi connectivity index (χ2n) is 6.31. The Morgan fingerprint density at radius 3 is 2.62 bits per heavy atom. The van der Waals surface area contributed by atoms with Gasteiger partial charge in [0.2, 0.25) is 0 Å². The second kappa shape index (κ2) is 7.86. The molecule has 5 heteroatoms. The van der Waals surface area contributed by atoms with E-state index >= 15 is 0 Å². The summed E-state index contributed by atoms with van der Waals surface area (Å²) in [5, 5.41) is 3.20. The van der Waals surface area contributed by atoms with Gasteiger partial charge in [0.25, 0.3) is 5.91 Å². The summed E-state index contributed by atoms with van der Waals surface area (Å²) in [5.74, 6) is 0.165. The number of nitrogens with zero attached hydrogens (tertiary/aromatic N) is 2. The van der Waals surface area contributed by atoms with Gasteiger partial charge < -0.3 is 14.8 Å². The summed E-state index contributed by atoms with van der Waals surface area (Å²) in [5.41, 5.74) is 4.05. The van der Waals surface area contributed by atoms with Gasteiger partial charge in [0.1, 0.15) is 0 Å². The van der Waals surface area contributed by atoms with Gasteiger partial charge in [-0.05, 0) is 51.9 Å². The lowest BCUT2D eigenvalue weighted by Gasteiger charge is -2.24. The molecule has 1 aromatic heterocycles. The van der Waals surface area contributed by atoms with Crippen LogP contribution in [0.1, 0.15) is 34.6 Å². The van der Waals surface area contributed by atoms with Crippen molar-refractivity contribution in [3.63, 3.8) is 0 Å². The molecule has 24 heavy (non-hydrogen) atoms. The average molecular weight is 348 g/mol.